The molecule has 4 aromatic rings. The van der Waals surface area contributed by atoms with Crippen LogP contribution in [0.4, 0.5) is 10.5 Å². The van der Waals surface area contributed by atoms with Crippen LogP contribution >= 0.6 is 23.2 Å². The van der Waals surface area contributed by atoms with E-state index in [-0.39, 0.29) is 21.3 Å². The molecule has 5 rings (SSSR count). The highest BCUT2D eigenvalue weighted by atomic mass is 35.5. The van der Waals surface area contributed by atoms with Gasteiger partial charge < -0.3 is 9.47 Å². The first-order valence-corrected chi connectivity index (χ1v) is 13.9. The van der Waals surface area contributed by atoms with Crippen LogP contribution in [0, 0.1) is 0 Å². The maximum absolute atomic E-state index is 13.4. The molecule has 1 aliphatic heterocycles. The third-order valence-corrected chi connectivity index (χ3v) is 7.38. The summed E-state index contributed by atoms with van der Waals surface area (Å²) >= 11 is 12.1. The van der Waals surface area contributed by atoms with Gasteiger partial charge in [0.05, 0.1) is 22.3 Å². The fourth-order valence-corrected chi connectivity index (χ4v) is 5.04. The number of anilines is 1. The predicted molar refractivity (Wildman–Crippen MR) is 165 cm³/mol. The molecule has 212 valence electrons. The highest BCUT2D eigenvalue weighted by Crippen LogP contribution is 2.36. The Kier molecular flexibility index (Phi) is 8.61. The number of imide groups is 2. The molecule has 1 aliphatic rings. The van der Waals surface area contributed by atoms with Crippen LogP contribution in [0.2, 0.25) is 10.0 Å². The van der Waals surface area contributed by atoms with Gasteiger partial charge in [0.1, 0.15) is 12.2 Å². The van der Waals surface area contributed by atoms with Crippen molar-refractivity contribution in [1.29, 1.82) is 0 Å². The number of hydrogen-bond acceptors (Lipinski definition) is 5. The maximum atomic E-state index is 13.4. The van der Waals surface area contributed by atoms with Gasteiger partial charge in [-0.2, -0.15) is 0 Å². The second-order valence-corrected chi connectivity index (χ2v) is 10.2. The van der Waals surface area contributed by atoms with Crippen molar-refractivity contribution in [3.8, 4) is 11.5 Å². The van der Waals surface area contributed by atoms with Crippen molar-refractivity contribution >= 4 is 63.6 Å². The van der Waals surface area contributed by atoms with E-state index in [1.165, 1.54) is 24.3 Å². The minimum absolute atomic E-state index is 0.159. The van der Waals surface area contributed by atoms with Crippen LogP contribution in [-0.2, 0) is 22.6 Å². The number of hydrogen-bond donors (Lipinski definition) is 1. The molecule has 0 aromatic heterocycles. The average Bonchev–Trinajstić information content (AvgIpc) is 2.97. The second-order valence-electron chi connectivity index (χ2n) is 9.42. The fourth-order valence-electron chi connectivity index (χ4n) is 4.75. The summed E-state index contributed by atoms with van der Waals surface area (Å²) in [4.78, 5) is 39.7. The van der Waals surface area contributed by atoms with Crippen molar-refractivity contribution < 1.29 is 23.9 Å². The first-order chi connectivity index (χ1) is 20.3. The van der Waals surface area contributed by atoms with E-state index in [1.54, 1.807) is 18.2 Å². The SMILES string of the molecule is C=CCc1cc(/C=C2\C(=O)NC(=O)N(c3ccc(Cl)c(Cl)c3)C2=O)cc(OCC)c1OCc1cccc2ccccc12. The number of carbonyl (C=O) groups is 3. The molecule has 42 heavy (non-hydrogen) atoms. The molecule has 0 bridgehead atoms. The van der Waals surface area contributed by atoms with Crippen LogP contribution in [0.1, 0.15) is 23.6 Å². The largest absolute Gasteiger partial charge is 0.490 e. The molecule has 0 spiro atoms. The second kappa shape index (κ2) is 12.5. The number of amides is 4. The minimum Gasteiger partial charge on any atom is -0.490 e. The van der Waals surface area contributed by atoms with Crippen molar-refractivity contribution in [2.45, 2.75) is 20.0 Å². The summed E-state index contributed by atoms with van der Waals surface area (Å²) in [6.45, 7) is 6.38. The molecule has 1 heterocycles. The number of nitrogens with zero attached hydrogens (tertiary/aromatic N) is 1. The van der Waals surface area contributed by atoms with Gasteiger partial charge in [0, 0.05) is 5.56 Å². The molecule has 0 radical (unpaired) electrons. The molecule has 1 saturated heterocycles. The molecule has 0 aliphatic carbocycles. The fraction of sp³-hybridized carbons (Fsp3) is 0.121. The molecular weight excluding hydrogens is 575 g/mol. The number of fused-ring (bicyclic) bond motifs is 1. The Morgan fingerprint density at radius 1 is 0.905 bits per heavy atom. The summed E-state index contributed by atoms with van der Waals surface area (Å²) in [6, 6.07) is 21.1. The number of nitrogens with one attached hydrogen (secondary N) is 1. The van der Waals surface area contributed by atoms with Gasteiger partial charge in [-0.3, -0.25) is 14.9 Å². The van der Waals surface area contributed by atoms with E-state index in [1.807, 2.05) is 31.2 Å². The van der Waals surface area contributed by atoms with Gasteiger partial charge in [0.2, 0.25) is 0 Å². The smallest absolute Gasteiger partial charge is 0.335 e. The van der Waals surface area contributed by atoms with Crippen molar-refractivity contribution in [2.75, 3.05) is 11.5 Å². The summed E-state index contributed by atoms with van der Waals surface area (Å²) in [6.07, 6.45) is 3.59. The third-order valence-electron chi connectivity index (χ3n) is 6.64. The van der Waals surface area contributed by atoms with Crippen LogP contribution in [0.25, 0.3) is 16.8 Å². The third kappa shape index (κ3) is 5.88. The molecule has 7 nitrogen and oxygen atoms in total. The summed E-state index contributed by atoms with van der Waals surface area (Å²) in [5.74, 6) is -0.633. The van der Waals surface area contributed by atoms with Crippen molar-refractivity contribution in [1.82, 2.24) is 5.32 Å². The summed E-state index contributed by atoms with van der Waals surface area (Å²) in [5.41, 5.74) is 2.21. The standard InChI is InChI=1S/C33H26Cl2N2O5/c1-3-8-22-15-20(16-26-31(38)36-33(40)37(32(26)39)24-13-14-27(34)28(35)18-24)17-29(41-4-2)30(22)42-19-23-11-7-10-21-9-5-6-12-25(21)23/h3,5-7,9-18H,1,4,8,19H2,2H3,(H,36,38,40)/b26-16+. The number of barbiturate groups is 1. The van der Waals surface area contributed by atoms with Gasteiger partial charge in [0.15, 0.2) is 11.5 Å². The lowest BCUT2D eigenvalue weighted by atomic mass is 10.0. The van der Waals surface area contributed by atoms with Crippen LogP contribution in [0.5, 0.6) is 11.5 Å². The predicted octanol–water partition coefficient (Wildman–Crippen LogP) is 7.52. The number of ether oxygens (including phenoxy) is 2. The molecule has 9 heteroatoms. The Hall–Kier alpha value is -4.59. The first kappa shape index (κ1) is 28.9. The number of benzene rings is 4. The van der Waals surface area contributed by atoms with Crippen LogP contribution < -0.4 is 19.7 Å². The number of urea groups is 1. The molecule has 4 amide bonds. The highest BCUT2D eigenvalue weighted by molar-refractivity contribution is 6.43. The van der Waals surface area contributed by atoms with Crippen molar-refractivity contribution in [3.05, 3.63) is 118 Å². The van der Waals surface area contributed by atoms with E-state index in [0.29, 0.717) is 36.7 Å². The van der Waals surface area contributed by atoms with Crippen LogP contribution in [0.3, 0.4) is 0 Å². The minimum atomic E-state index is -0.889. The average molecular weight is 601 g/mol. The Morgan fingerprint density at radius 3 is 2.45 bits per heavy atom. The van der Waals surface area contributed by atoms with Gasteiger partial charge in [0.25, 0.3) is 11.8 Å². The van der Waals surface area contributed by atoms with Crippen LogP contribution in [-0.4, -0.2) is 24.5 Å². The zero-order valence-corrected chi connectivity index (χ0v) is 24.2. The maximum Gasteiger partial charge on any atom is 0.335 e. The summed E-state index contributed by atoms with van der Waals surface area (Å²) < 4.78 is 12.3. The lowest BCUT2D eigenvalue weighted by Gasteiger charge is -2.26. The zero-order valence-electron chi connectivity index (χ0n) is 22.7. The molecule has 1 N–H and O–H groups in total. The Morgan fingerprint density at radius 2 is 1.69 bits per heavy atom. The molecule has 1 fully saturated rings. The summed E-state index contributed by atoms with van der Waals surface area (Å²) in [7, 11) is 0. The monoisotopic (exact) mass is 600 g/mol. The normalized spacial score (nSPS) is 14.3. The van der Waals surface area contributed by atoms with Gasteiger partial charge in [-0.25, -0.2) is 9.69 Å². The topological polar surface area (TPSA) is 84.9 Å². The highest BCUT2D eigenvalue weighted by Gasteiger charge is 2.37. The quantitative estimate of drug-likeness (QED) is 0.122. The number of rotatable bonds is 9. The zero-order chi connectivity index (χ0) is 29.8. The van der Waals surface area contributed by atoms with Crippen LogP contribution in [0.15, 0.2) is 91.0 Å². The van der Waals surface area contributed by atoms with E-state index < -0.39 is 17.8 Å². The van der Waals surface area contributed by atoms with Crippen molar-refractivity contribution in [3.63, 3.8) is 0 Å². The lowest BCUT2D eigenvalue weighted by Crippen LogP contribution is -2.54. The number of halogens is 2. The van der Waals surface area contributed by atoms with E-state index >= 15 is 0 Å². The Labute approximate surface area is 252 Å². The van der Waals surface area contributed by atoms with Gasteiger partial charge in [-0.1, -0.05) is 71.7 Å². The van der Waals surface area contributed by atoms with E-state index in [9.17, 15) is 14.4 Å². The van der Waals surface area contributed by atoms with E-state index in [0.717, 1.165) is 26.8 Å². The van der Waals surface area contributed by atoms with Gasteiger partial charge in [-0.15, -0.1) is 6.58 Å². The van der Waals surface area contributed by atoms with E-state index in [4.69, 9.17) is 32.7 Å². The number of carbonyl (C=O) groups excluding carboxylic acids is 3. The summed E-state index contributed by atoms with van der Waals surface area (Å²) in [5, 5.41) is 4.84. The number of allylic oxidation sites excluding steroid dienone is 1. The molecule has 0 saturated carbocycles. The molecule has 0 unspecified atom stereocenters. The molecule has 0 atom stereocenters. The molecule has 4 aromatic carbocycles. The van der Waals surface area contributed by atoms with E-state index in [2.05, 4.69) is 30.1 Å². The Bertz CT molecular complexity index is 1760. The van der Waals surface area contributed by atoms with Gasteiger partial charge in [-0.05, 0) is 71.7 Å². The van der Waals surface area contributed by atoms with Crippen molar-refractivity contribution in [2.24, 2.45) is 0 Å². The molecular formula is C33H26Cl2N2O5. The lowest BCUT2D eigenvalue weighted by molar-refractivity contribution is -0.122. The first-order valence-electron chi connectivity index (χ1n) is 13.2. The van der Waals surface area contributed by atoms with Gasteiger partial charge >= 0.3 is 6.03 Å². The Balaban J connectivity index is 1.52.